The van der Waals surface area contributed by atoms with Crippen molar-refractivity contribution >= 4 is 23.4 Å². The van der Waals surface area contributed by atoms with Crippen molar-refractivity contribution in [3.8, 4) is 0 Å². The monoisotopic (exact) mass is 241 g/mol. The van der Waals surface area contributed by atoms with Crippen LogP contribution in [-0.4, -0.2) is 24.4 Å². The molecule has 1 fully saturated rings. The van der Waals surface area contributed by atoms with Gasteiger partial charge in [0.2, 0.25) is 0 Å². The maximum absolute atomic E-state index is 10.5. The number of amides is 1. The number of carbonyl (C=O) groups is 1. The van der Waals surface area contributed by atoms with Gasteiger partial charge in [0.15, 0.2) is 0 Å². The van der Waals surface area contributed by atoms with Gasteiger partial charge in [0, 0.05) is 16.1 Å². The molecule has 16 heavy (non-hydrogen) atoms. The SMILES string of the molecule is CC1(c2ccc(NC(=O)O)cc2Cl)COC1. The van der Waals surface area contributed by atoms with E-state index in [1.807, 2.05) is 6.07 Å². The van der Waals surface area contributed by atoms with E-state index < -0.39 is 6.09 Å². The van der Waals surface area contributed by atoms with E-state index in [9.17, 15) is 4.79 Å². The van der Waals surface area contributed by atoms with E-state index >= 15 is 0 Å². The van der Waals surface area contributed by atoms with E-state index in [1.54, 1.807) is 12.1 Å². The number of hydrogen-bond acceptors (Lipinski definition) is 2. The van der Waals surface area contributed by atoms with Crippen molar-refractivity contribution < 1.29 is 14.6 Å². The molecule has 1 amide bonds. The van der Waals surface area contributed by atoms with Gasteiger partial charge >= 0.3 is 6.09 Å². The predicted molar refractivity (Wildman–Crippen MR) is 61.3 cm³/mol. The Hall–Kier alpha value is -1.26. The van der Waals surface area contributed by atoms with Gasteiger partial charge in [-0.25, -0.2) is 4.79 Å². The summed E-state index contributed by atoms with van der Waals surface area (Å²) in [6.45, 7) is 3.37. The molecule has 1 aliphatic rings. The molecule has 2 rings (SSSR count). The Morgan fingerprint density at radius 2 is 2.25 bits per heavy atom. The fourth-order valence-corrected chi connectivity index (χ4v) is 2.18. The molecular formula is C11H12ClNO3. The minimum absolute atomic E-state index is 0.0428. The van der Waals surface area contributed by atoms with Crippen LogP contribution in [0.2, 0.25) is 5.02 Å². The molecule has 1 aromatic rings. The number of halogens is 1. The summed E-state index contributed by atoms with van der Waals surface area (Å²) in [7, 11) is 0. The smallest absolute Gasteiger partial charge is 0.409 e. The van der Waals surface area contributed by atoms with Gasteiger partial charge in [-0.15, -0.1) is 0 Å². The van der Waals surface area contributed by atoms with E-state index in [4.69, 9.17) is 21.4 Å². The van der Waals surface area contributed by atoms with Crippen molar-refractivity contribution in [2.24, 2.45) is 0 Å². The molecule has 86 valence electrons. The number of carboxylic acid groups (broad SMARTS) is 1. The van der Waals surface area contributed by atoms with Crippen molar-refractivity contribution in [1.29, 1.82) is 0 Å². The third-order valence-electron chi connectivity index (χ3n) is 2.71. The zero-order valence-electron chi connectivity index (χ0n) is 8.79. The lowest BCUT2D eigenvalue weighted by molar-refractivity contribution is -0.0499. The van der Waals surface area contributed by atoms with E-state index in [0.29, 0.717) is 23.9 Å². The molecule has 0 aromatic heterocycles. The molecule has 1 heterocycles. The lowest BCUT2D eigenvalue weighted by Gasteiger charge is -2.39. The maximum Gasteiger partial charge on any atom is 0.409 e. The zero-order chi connectivity index (χ0) is 11.8. The first-order valence-electron chi connectivity index (χ1n) is 4.89. The Labute approximate surface area is 98.2 Å². The Balaban J connectivity index is 2.26. The average Bonchev–Trinajstić information content (AvgIpc) is 2.13. The second-order valence-corrected chi connectivity index (χ2v) is 4.59. The standard InChI is InChI=1S/C11H12ClNO3/c1-11(5-16-6-11)8-3-2-7(4-9(8)12)13-10(14)15/h2-4,13H,5-6H2,1H3,(H,14,15). The topological polar surface area (TPSA) is 58.6 Å². The number of benzene rings is 1. The molecule has 0 atom stereocenters. The summed E-state index contributed by atoms with van der Waals surface area (Å²) < 4.78 is 5.17. The van der Waals surface area contributed by atoms with Crippen LogP contribution in [0.25, 0.3) is 0 Å². The largest absolute Gasteiger partial charge is 0.465 e. The first kappa shape index (κ1) is 11.2. The van der Waals surface area contributed by atoms with E-state index in [1.165, 1.54) is 0 Å². The van der Waals surface area contributed by atoms with Crippen LogP contribution >= 0.6 is 11.6 Å². The minimum Gasteiger partial charge on any atom is -0.465 e. The van der Waals surface area contributed by atoms with Crippen LogP contribution in [0.5, 0.6) is 0 Å². The summed E-state index contributed by atoms with van der Waals surface area (Å²) >= 11 is 6.12. The van der Waals surface area contributed by atoms with Crippen LogP contribution in [0.1, 0.15) is 12.5 Å². The van der Waals surface area contributed by atoms with Gasteiger partial charge in [0.1, 0.15) is 0 Å². The second-order valence-electron chi connectivity index (χ2n) is 4.18. The number of nitrogens with one attached hydrogen (secondary N) is 1. The first-order valence-corrected chi connectivity index (χ1v) is 5.27. The summed E-state index contributed by atoms with van der Waals surface area (Å²) in [6.07, 6.45) is -1.10. The molecule has 1 aliphatic heterocycles. The molecular weight excluding hydrogens is 230 g/mol. The van der Waals surface area contributed by atoms with Gasteiger partial charge in [-0.1, -0.05) is 24.6 Å². The molecule has 1 aromatic carbocycles. The highest BCUT2D eigenvalue weighted by Crippen LogP contribution is 2.37. The van der Waals surface area contributed by atoms with E-state index in [-0.39, 0.29) is 5.41 Å². The quantitative estimate of drug-likeness (QED) is 0.837. The predicted octanol–water partition coefficient (Wildman–Crippen LogP) is 2.72. The maximum atomic E-state index is 10.5. The van der Waals surface area contributed by atoms with Crippen molar-refractivity contribution in [2.45, 2.75) is 12.3 Å². The molecule has 0 spiro atoms. The Morgan fingerprint density at radius 1 is 1.56 bits per heavy atom. The average molecular weight is 242 g/mol. The highest BCUT2D eigenvalue weighted by molar-refractivity contribution is 6.31. The van der Waals surface area contributed by atoms with Crippen LogP contribution in [-0.2, 0) is 10.2 Å². The van der Waals surface area contributed by atoms with Crippen LogP contribution in [0.3, 0.4) is 0 Å². The molecule has 0 bridgehead atoms. The Morgan fingerprint density at radius 3 is 2.69 bits per heavy atom. The number of anilines is 1. The zero-order valence-corrected chi connectivity index (χ0v) is 9.54. The number of ether oxygens (including phenoxy) is 1. The molecule has 4 nitrogen and oxygen atoms in total. The molecule has 0 unspecified atom stereocenters. The molecule has 5 heteroatoms. The second kappa shape index (κ2) is 3.96. The third-order valence-corrected chi connectivity index (χ3v) is 3.02. The highest BCUT2D eigenvalue weighted by atomic mass is 35.5. The molecule has 0 aliphatic carbocycles. The van der Waals surface area contributed by atoms with Gasteiger partial charge in [0.25, 0.3) is 0 Å². The van der Waals surface area contributed by atoms with Crippen LogP contribution in [0.15, 0.2) is 18.2 Å². The summed E-state index contributed by atoms with van der Waals surface area (Å²) in [5, 5.41) is 11.4. The summed E-state index contributed by atoms with van der Waals surface area (Å²) in [4.78, 5) is 10.5. The number of hydrogen-bond donors (Lipinski definition) is 2. The third kappa shape index (κ3) is 1.99. The van der Waals surface area contributed by atoms with E-state index in [0.717, 1.165) is 5.56 Å². The highest BCUT2D eigenvalue weighted by Gasteiger charge is 2.36. The summed E-state index contributed by atoms with van der Waals surface area (Å²) in [5.41, 5.74) is 1.43. The van der Waals surface area contributed by atoms with Crippen molar-refractivity contribution in [3.05, 3.63) is 28.8 Å². The normalized spacial score (nSPS) is 17.6. The molecule has 1 saturated heterocycles. The lowest BCUT2D eigenvalue weighted by atomic mass is 9.81. The van der Waals surface area contributed by atoms with Gasteiger partial charge in [-0.3, -0.25) is 5.32 Å². The minimum atomic E-state index is -1.10. The fraction of sp³-hybridized carbons (Fsp3) is 0.364. The van der Waals surface area contributed by atoms with Crippen LogP contribution < -0.4 is 5.32 Å². The van der Waals surface area contributed by atoms with Crippen LogP contribution in [0, 0.1) is 0 Å². The van der Waals surface area contributed by atoms with Crippen molar-refractivity contribution in [2.75, 3.05) is 18.5 Å². The van der Waals surface area contributed by atoms with E-state index in [2.05, 4.69) is 12.2 Å². The Kier molecular flexibility index (Phi) is 2.78. The van der Waals surface area contributed by atoms with Gasteiger partial charge in [-0.2, -0.15) is 0 Å². The van der Waals surface area contributed by atoms with Crippen molar-refractivity contribution in [3.63, 3.8) is 0 Å². The summed E-state index contributed by atoms with van der Waals surface area (Å²) in [5.74, 6) is 0. The van der Waals surface area contributed by atoms with Crippen LogP contribution in [0.4, 0.5) is 10.5 Å². The van der Waals surface area contributed by atoms with Gasteiger partial charge in [-0.05, 0) is 17.7 Å². The lowest BCUT2D eigenvalue weighted by Crippen LogP contribution is -2.44. The van der Waals surface area contributed by atoms with Gasteiger partial charge in [0.05, 0.1) is 13.2 Å². The molecule has 2 N–H and O–H groups in total. The Bertz CT molecular complexity index is 429. The van der Waals surface area contributed by atoms with Gasteiger partial charge < -0.3 is 9.84 Å². The molecule has 0 saturated carbocycles. The van der Waals surface area contributed by atoms with Crippen molar-refractivity contribution in [1.82, 2.24) is 0 Å². The fourth-order valence-electron chi connectivity index (χ4n) is 1.77. The number of rotatable bonds is 2. The summed E-state index contributed by atoms with van der Waals surface area (Å²) in [6, 6.07) is 5.17. The first-order chi connectivity index (χ1) is 7.51. The molecule has 0 radical (unpaired) electrons.